The number of piperidine rings is 1. The maximum Gasteiger partial charge on any atom is 0.573 e. The first-order valence-electron chi connectivity index (χ1n) is 10.9. The van der Waals surface area contributed by atoms with Gasteiger partial charge in [-0.1, -0.05) is 18.2 Å². The summed E-state index contributed by atoms with van der Waals surface area (Å²) in [6, 6.07) is 5.58. The second kappa shape index (κ2) is 10.3. The minimum Gasteiger partial charge on any atom is -0.405 e. The number of ether oxygens (including phenoxy) is 1. The van der Waals surface area contributed by atoms with Gasteiger partial charge >= 0.3 is 12.4 Å². The van der Waals surface area contributed by atoms with E-state index in [9.17, 15) is 22.8 Å². The molecule has 11 heteroatoms. The first-order chi connectivity index (χ1) is 16.0. The molecule has 0 N–H and O–H groups in total. The Morgan fingerprint density at radius 3 is 2.59 bits per heavy atom. The highest BCUT2D eigenvalue weighted by Crippen LogP contribution is 2.31. The number of para-hydroxylation sites is 1. The van der Waals surface area contributed by atoms with Crippen molar-refractivity contribution in [3.8, 4) is 5.75 Å². The Hall–Kier alpha value is -3.37. The Bertz CT molecular complexity index is 1080. The molecule has 0 saturated carbocycles. The predicted octanol–water partition coefficient (Wildman–Crippen LogP) is 4.64. The van der Waals surface area contributed by atoms with Crippen LogP contribution in [0.1, 0.15) is 48.7 Å². The number of aliphatic imine (C=N–C) groups is 1. The molecule has 1 atom stereocenters. The van der Waals surface area contributed by atoms with Crippen LogP contribution in [-0.2, 0) is 6.42 Å². The van der Waals surface area contributed by atoms with Crippen LogP contribution < -0.4 is 4.74 Å². The summed E-state index contributed by atoms with van der Waals surface area (Å²) in [4.78, 5) is 32.5. The number of benzene rings is 1. The number of ketones is 1. The summed E-state index contributed by atoms with van der Waals surface area (Å²) in [5, 5.41) is 4.39. The van der Waals surface area contributed by atoms with Crippen LogP contribution in [0.4, 0.5) is 23.8 Å². The first-order valence-corrected chi connectivity index (χ1v) is 10.9. The first kappa shape index (κ1) is 25.3. The number of carbonyl (C=O) groups is 2. The lowest BCUT2D eigenvalue weighted by molar-refractivity contribution is -0.274. The standard InChI is InChI=1S/C23H28F3N5O3/c1-15(12-17-8-5-6-10-20(17)34-23(24,25)26)28-21-19(16(2)32)13-27-31(21)18-9-7-11-30(14-18)22(33)29(3)4/h5-6,8,10,13,18H,7,9,11-12,14H2,1-4H3. The fourth-order valence-corrected chi connectivity index (χ4v) is 3.96. The van der Waals surface area contributed by atoms with E-state index >= 15 is 0 Å². The lowest BCUT2D eigenvalue weighted by Crippen LogP contribution is -2.45. The highest BCUT2D eigenvalue weighted by molar-refractivity contribution is 5.99. The molecule has 2 amide bonds. The SMILES string of the molecule is CC(=O)c1cnn(C2CCCN(C(=O)N(C)C)C2)c1N=C(C)Cc1ccccc1OC(F)(F)F. The Kier molecular flexibility index (Phi) is 7.63. The number of amides is 2. The van der Waals surface area contributed by atoms with Gasteiger partial charge in [0.25, 0.3) is 0 Å². The van der Waals surface area contributed by atoms with Gasteiger partial charge in [0, 0.05) is 44.9 Å². The summed E-state index contributed by atoms with van der Waals surface area (Å²) >= 11 is 0. The summed E-state index contributed by atoms with van der Waals surface area (Å²) < 4.78 is 44.1. The number of nitrogens with zero attached hydrogens (tertiary/aromatic N) is 5. The van der Waals surface area contributed by atoms with Crippen LogP contribution >= 0.6 is 0 Å². The van der Waals surface area contributed by atoms with Gasteiger partial charge in [-0.15, -0.1) is 13.2 Å². The summed E-state index contributed by atoms with van der Waals surface area (Å²) in [6.07, 6.45) is -1.76. The zero-order chi connectivity index (χ0) is 25.0. The van der Waals surface area contributed by atoms with Crippen LogP contribution in [0, 0.1) is 0 Å². The summed E-state index contributed by atoms with van der Waals surface area (Å²) in [6.45, 7) is 4.13. The van der Waals surface area contributed by atoms with E-state index in [-0.39, 0.29) is 30.0 Å². The molecule has 1 aromatic heterocycles. The summed E-state index contributed by atoms with van der Waals surface area (Å²) in [5.74, 6) is -0.186. The Balaban J connectivity index is 1.91. The fourth-order valence-electron chi connectivity index (χ4n) is 3.96. The van der Waals surface area contributed by atoms with Crippen LogP contribution in [0.3, 0.4) is 0 Å². The Morgan fingerprint density at radius 1 is 1.24 bits per heavy atom. The van der Waals surface area contributed by atoms with Crippen molar-refractivity contribution in [2.45, 2.75) is 45.5 Å². The predicted molar refractivity (Wildman–Crippen MR) is 121 cm³/mol. The molecule has 34 heavy (non-hydrogen) atoms. The third-order valence-electron chi connectivity index (χ3n) is 5.49. The number of alkyl halides is 3. The van der Waals surface area contributed by atoms with E-state index in [1.807, 2.05) is 0 Å². The van der Waals surface area contributed by atoms with Crippen LogP contribution in [-0.4, -0.2) is 70.7 Å². The van der Waals surface area contributed by atoms with Gasteiger partial charge in [-0.3, -0.25) is 4.79 Å². The van der Waals surface area contributed by atoms with E-state index in [0.717, 1.165) is 12.8 Å². The molecule has 0 aliphatic carbocycles. The van der Waals surface area contributed by atoms with Crippen molar-refractivity contribution in [1.82, 2.24) is 19.6 Å². The van der Waals surface area contributed by atoms with Crippen LogP contribution in [0.2, 0.25) is 0 Å². The molecule has 184 valence electrons. The van der Waals surface area contributed by atoms with Crippen molar-refractivity contribution in [3.63, 3.8) is 0 Å². The number of hydrogen-bond acceptors (Lipinski definition) is 5. The van der Waals surface area contributed by atoms with E-state index < -0.39 is 6.36 Å². The van der Waals surface area contributed by atoms with Gasteiger partial charge in [-0.05, 0) is 32.8 Å². The number of carbonyl (C=O) groups excluding carboxylic acids is 2. The molecular weight excluding hydrogens is 451 g/mol. The molecule has 2 heterocycles. The summed E-state index contributed by atoms with van der Waals surface area (Å²) in [7, 11) is 3.38. The zero-order valence-electron chi connectivity index (χ0n) is 19.6. The van der Waals surface area contributed by atoms with Gasteiger partial charge in [0.1, 0.15) is 5.75 Å². The smallest absolute Gasteiger partial charge is 0.405 e. The topological polar surface area (TPSA) is 80.0 Å². The van der Waals surface area contributed by atoms with Gasteiger partial charge in [-0.2, -0.15) is 5.10 Å². The van der Waals surface area contributed by atoms with E-state index in [1.165, 1.54) is 36.2 Å². The number of aromatic nitrogens is 2. The molecular formula is C23H28F3N5O3. The average molecular weight is 480 g/mol. The van der Waals surface area contributed by atoms with Gasteiger partial charge in [0.2, 0.25) is 0 Å². The van der Waals surface area contributed by atoms with Crippen molar-refractivity contribution in [2.75, 3.05) is 27.2 Å². The van der Waals surface area contributed by atoms with Crippen LogP contribution in [0.15, 0.2) is 35.5 Å². The van der Waals surface area contributed by atoms with Crippen LogP contribution in [0.25, 0.3) is 0 Å². The molecule has 1 saturated heterocycles. The largest absolute Gasteiger partial charge is 0.573 e. The Morgan fingerprint density at radius 2 is 1.94 bits per heavy atom. The second-order valence-corrected chi connectivity index (χ2v) is 8.48. The van der Waals surface area contributed by atoms with Gasteiger partial charge < -0.3 is 14.5 Å². The van der Waals surface area contributed by atoms with Crippen molar-refractivity contribution >= 4 is 23.3 Å². The third kappa shape index (κ3) is 6.15. The fraction of sp³-hybridized carbons (Fsp3) is 0.478. The molecule has 1 aromatic carbocycles. The minimum atomic E-state index is -4.81. The quantitative estimate of drug-likeness (QED) is 0.447. The lowest BCUT2D eigenvalue weighted by atomic mass is 10.1. The lowest BCUT2D eigenvalue weighted by Gasteiger charge is -2.34. The molecule has 1 unspecified atom stereocenters. The molecule has 3 rings (SSSR count). The minimum absolute atomic E-state index is 0.0880. The summed E-state index contributed by atoms with van der Waals surface area (Å²) in [5.41, 5.74) is 1.12. The second-order valence-electron chi connectivity index (χ2n) is 8.48. The molecule has 0 spiro atoms. The normalized spacial score (nSPS) is 17.0. The average Bonchev–Trinajstić information content (AvgIpc) is 3.17. The molecule has 1 aliphatic heterocycles. The van der Waals surface area contributed by atoms with E-state index in [2.05, 4.69) is 14.8 Å². The maximum absolute atomic E-state index is 12.8. The number of hydrogen-bond donors (Lipinski definition) is 0. The van der Waals surface area contributed by atoms with E-state index in [4.69, 9.17) is 0 Å². The molecule has 2 aromatic rings. The van der Waals surface area contributed by atoms with Gasteiger partial charge in [-0.25, -0.2) is 14.5 Å². The van der Waals surface area contributed by atoms with E-state index in [0.29, 0.717) is 35.7 Å². The third-order valence-corrected chi connectivity index (χ3v) is 5.49. The molecule has 0 bridgehead atoms. The molecule has 1 fully saturated rings. The number of halogens is 3. The van der Waals surface area contributed by atoms with Crippen molar-refractivity contribution in [3.05, 3.63) is 41.6 Å². The number of likely N-dealkylation sites (tertiary alicyclic amines) is 1. The number of urea groups is 1. The highest BCUT2D eigenvalue weighted by atomic mass is 19.4. The molecule has 1 aliphatic rings. The van der Waals surface area contributed by atoms with Crippen molar-refractivity contribution < 1.29 is 27.5 Å². The zero-order valence-corrected chi connectivity index (χ0v) is 19.6. The Labute approximate surface area is 196 Å². The van der Waals surface area contributed by atoms with Gasteiger partial charge in [0.15, 0.2) is 11.6 Å². The van der Waals surface area contributed by atoms with Crippen molar-refractivity contribution in [2.24, 2.45) is 4.99 Å². The van der Waals surface area contributed by atoms with Gasteiger partial charge in [0.05, 0.1) is 17.8 Å². The maximum atomic E-state index is 12.8. The number of Topliss-reactive ketones (excluding diaryl/α,β-unsaturated/α-hetero) is 1. The van der Waals surface area contributed by atoms with E-state index in [1.54, 1.807) is 36.7 Å². The highest BCUT2D eigenvalue weighted by Gasteiger charge is 2.32. The van der Waals surface area contributed by atoms with Crippen LogP contribution in [0.5, 0.6) is 5.75 Å². The molecule has 0 radical (unpaired) electrons. The number of rotatable bonds is 6. The molecule has 8 nitrogen and oxygen atoms in total. The monoisotopic (exact) mass is 479 g/mol. The van der Waals surface area contributed by atoms with Crippen molar-refractivity contribution in [1.29, 1.82) is 0 Å².